The fourth-order valence-corrected chi connectivity index (χ4v) is 5.26. The molecule has 39 heavy (non-hydrogen) atoms. The third-order valence-corrected chi connectivity index (χ3v) is 7.20. The Morgan fingerprint density at radius 2 is 1.67 bits per heavy atom. The van der Waals surface area contributed by atoms with E-state index in [1.807, 2.05) is 4.90 Å². The minimum Gasteiger partial charge on any atom is -0.369 e. The number of hydrogen-bond acceptors (Lipinski definition) is 5. The van der Waals surface area contributed by atoms with Gasteiger partial charge in [-0.3, -0.25) is 0 Å². The zero-order valence-corrected chi connectivity index (χ0v) is 20.8. The van der Waals surface area contributed by atoms with Gasteiger partial charge in [0.05, 0.1) is 24.5 Å². The van der Waals surface area contributed by atoms with Crippen molar-refractivity contribution in [1.82, 2.24) is 19.9 Å². The maximum atomic E-state index is 14.9. The second-order valence-corrected chi connectivity index (χ2v) is 9.71. The maximum absolute atomic E-state index is 14.9. The summed E-state index contributed by atoms with van der Waals surface area (Å²) in [6.07, 6.45) is 3.04. The standard InChI is InChI=1S/C28H25F5N6/c29-17-1-4-23(31)22(11-17)26-12-18(30)16-38(26)28-6-5-27-35-15-19(39(27)36-28)2-3-21-24(32)13-20(14-25(21)33)37-9-7-34-8-10-37/h1-6,11,13-15,18,26,34H,7-10,12,16H2/b3-2+/t18-,26+/m0/s1. The smallest absolute Gasteiger partial charge is 0.154 e. The average Bonchev–Trinajstić information content (AvgIpc) is 3.52. The van der Waals surface area contributed by atoms with Gasteiger partial charge in [0.25, 0.3) is 0 Å². The molecule has 2 aromatic carbocycles. The van der Waals surface area contributed by atoms with E-state index in [0.717, 1.165) is 31.3 Å². The van der Waals surface area contributed by atoms with E-state index < -0.39 is 35.5 Å². The lowest BCUT2D eigenvalue weighted by Gasteiger charge is -2.29. The molecule has 11 heteroatoms. The number of imidazole rings is 1. The van der Waals surface area contributed by atoms with Crippen LogP contribution in [0.15, 0.2) is 48.7 Å². The highest BCUT2D eigenvalue weighted by Gasteiger charge is 2.36. The van der Waals surface area contributed by atoms with Gasteiger partial charge in [0.1, 0.15) is 35.3 Å². The number of halogens is 5. The Kier molecular flexibility index (Phi) is 6.68. The predicted molar refractivity (Wildman–Crippen MR) is 139 cm³/mol. The lowest BCUT2D eigenvalue weighted by Crippen LogP contribution is -2.43. The molecule has 4 aromatic rings. The van der Waals surface area contributed by atoms with Crippen LogP contribution >= 0.6 is 0 Å². The summed E-state index contributed by atoms with van der Waals surface area (Å²) in [4.78, 5) is 7.80. The fourth-order valence-electron chi connectivity index (χ4n) is 5.26. The van der Waals surface area contributed by atoms with Gasteiger partial charge in [0, 0.05) is 49.4 Å². The maximum Gasteiger partial charge on any atom is 0.154 e. The molecule has 0 bridgehead atoms. The van der Waals surface area contributed by atoms with E-state index in [1.54, 1.807) is 17.0 Å². The van der Waals surface area contributed by atoms with Crippen molar-refractivity contribution in [3.05, 3.63) is 88.8 Å². The van der Waals surface area contributed by atoms with E-state index in [-0.39, 0.29) is 24.1 Å². The summed E-state index contributed by atoms with van der Waals surface area (Å²) < 4.78 is 74.2. The molecule has 4 heterocycles. The van der Waals surface area contributed by atoms with Crippen molar-refractivity contribution in [2.75, 3.05) is 42.5 Å². The monoisotopic (exact) mass is 540 g/mol. The van der Waals surface area contributed by atoms with E-state index >= 15 is 0 Å². The molecule has 6 nitrogen and oxygen atoms in total. The first-order valence-corrected chi connectivity index (χ1v) is 12.7. The molecular formula is C28H25F5N6. The first-order chi connectivity index (χ1) is 18.9. The number of piperazine rings is 1. The number of anilines is 2. The van der Waals surface area contributed by atoms with Crippen LogP contribution in [0.3, 0.4) is 0 Å². The summed E-state index contributed by atoms with van der Waals surface area (Å²) >= 11 is 0. The van der Waals surface area contributed by atoms with Crippen LogP contribution < -0.4 is 15.1 Å². The number of nitrogens with one attached hydrogen (secondary N) is 1. The van der Waals surface area contributed by atoms with Crippen LogP contribution in [0.25, 0.3) is 17.8 Å². The molecule has 0 spiro atoms. The Balaban J connectivity index is 1.30. The van der Waals surface area contributed by atoms with Gasteiger partial charge in [-0.05, 0) is 54.6 Å². The molecule has 2 aliphatic heterocycles. The predicted octanol–water partition coefficient (Wildman–Crippen LogP) is 5.16. The summed E-state index contributed by atoms with van der Waals surface area (Å²) in [5.41, 5.74) is 1.24. The molecule has 0 aliphatic carbocycles. The lowest BCUT2D eigenvalue weighted by atomic mass is 10.0. The Hall–Kier alpha value is -3.99. The highest BCUT2D eigenvalue weighted by molar-refractivity contribution is 5.71. The highest BCUT2D eigenvalue weighted by atomic mass is 19.1. The van der Waals surface area contributed by atoms with E-state index in [1.165, 1.54) is 35.0 Å². The van der Waals surface area contributed by atoms with Gasteiger partial charge >= 0.3 is 0 Å². The van der Waals surface area contributed by atoms with Crippen LogP contribution in [-0.4, -0.2) is 53.5 Å². The number of rotatable bonds is 5. The molecule has 2 fully saturated rings. The fraction of sp³-hybridized carbons (Fsp3) is 0.286. The zero-order chi connectivity index (χ0) is 27.1. The first-order valence-electron chi connectivity index (χ1n) is 12.7. The molecule has 1 N–H and O–H groups in total. The summed E-state index contributed by atoms with van der Waals surface area (Å²) in [6, 6.07) is 8.31. The van der Waals surface area contributed by atoms with Crippen LogP contribution in [0.1, 0.15) is 29.3 Å². The van der Waals surface area contributed by atoms with E-state index in [4.69, 9.17) is 0 Å². The molecule has 202 valence electrons. The summed E-state index contributed by atoms with van der Waals surface area (Å²) in [7, 11) is 0. The number of benzene rings is 2. The van der Waals surface area contributed by atoms with Gasteiger partial charge in [-0.15, -0.1) is 5.10 Å². The van der Waals surface area contributed by atoms with E-state index in [0.29, 0.717) is 35.9 Å². The normalized spacial score (nSPS) is 20.0. The molecule has 0 radical (unpaired) electrons. The van der Waals surface area contributed by atoms with Crippen LogP contribution in [0.4, 0.5) is 33.5 Å². The van der Waals surface area contributed by atoms with Crippen LogP contribution in [0, 0.1) is 23.3 Å². The Morgan fingerprint density at radius 3 is 2.44 bits per heavy atom. The van der Waals surface area contributed by atoms with E-state index in [2.05, 4.69) is 15.4 Å². The Bertz CT molecular complexity index is 1520. The van der Waals surface area contributed by atoms with Crippen molar-refractivity contribution in [3.63, 3.8) is 0 Å². The number of nitrogens with zero attached hydrogens (tertiary/aromatic N) is 5. The molecule has 2 saturated heterocycles. The number of fused-ring (bicyclic) bond motifs is 1. The summed E-state index contributed by atoms with van der Waals surface area (Å²) in [5, 5.41) is 7.76. The lowest BCUT2D eigenvalue weighted by molar-refractivity contribution is 0.355. The SMILES string of the molecule is Fc1ccc(F)c([C@H]2C[C@H](F)CN2c2ccc3ncc(/C=C/c4c(F)cc(N5CCNCC5)cc4F)n3n2)c1. The van der Waals surface area contributed by atoms with Crippen LogP contribution in [0.2, 0.25) is 0 Å². The van der Waals surface area contributed by atoms with Crippen LogP contribution in [0.5, 0.6) is 0 Å². The number of alkyl halides is 1. The highest BCUT2D eigenvalue weighted by Crippen LogP contribution is 2.38. The second kappa shape index (κ2) is 10.3. The second-order valence-electron chi connectivity index (χ2n) is 9.71. The molecule has 0 amide bonds. The van der Waals surface area contributed by atoms with Crippen molar-refractivity contribution >= 4 is 29.3 Å². The third kappa shape index (κ3) is 4.94. The molecule has 2 aromatic heterocycles. The number of aromatic nitrogens is 3. The minimum absolute atomic E-state index is 0.0146. The largest absolute Gasteiger partial charge is 0.369 e. The van der Waals surface area contributed by atoms with Crippen molar-refractivity contribution in [3.8, 4) is 0 Å². The van der Waals surface area contributed by atoms with Gasteiger partial charge in [-0.25, -0.2) is 31.5 Å². The van der Waals surface area contributed by atoms with Gasteiger partial charge in [0.2, 0.25) is 0 Å². The van der Waals surface area contributed by atoms with Gasteiger partial charge < -0.3 is 15.1 Å². The number of hydrogen-bond donors (Lipinski definition) is 1. The summed E-state index contributed by atoms with van der Waals surface area (Å²) in [6.45, 7) is 2.77. The van der Waals surface area contributed by atoms with Crippen molar-refractivity contribution in [2.45, 2.75) is 18.6 Å². The molecule has 2 aliphatic rings. The first kappa shape index (κ1) is 25.3. The summed E-state index contributed by atoms with van der Waals surface area (Å²) in [5.74, 6) is -2.28. The topological polar surface area (TPSA) is 48.7 Å². The zero-order valence-electron chi connectivity index (χ0n) is 20.8. The van der Waals surface area contributed by atoms with Crippen molar-refractivity contribution in [2.24, 2.45) is 0 Å². The molecular weight excluding hydrogens is 515 g/mol. The molecule has 6 rings (SSSR count). The Morgan fingerprint density at radius 1 is 0.897 bits per heavy atom. The quantitative estimate of drug-likeness (QED) is 0.355. The molecule has 2 atom stereocenters. The third-order valence-electron chi connectivity index (χ3n) is 7.20. The average molecular weight is 541 g/mol. The van der Waals surface area contributed by atoms with Crippen molar-refractivity contribution in [1.29, 1.82) is 0 Å². The Labute approximate surface area is 221 Å². The molecule has 0 unspecified atom stereocenters. The molecule has 0 saturated carbocycles. The van der Waals surface area contributed by atoms with Crippen molar-refractivity contribution < 1.29 is 22.0 Å². The van der Waals surface area contributed by atoms with Gasteiger partial charge in [0.15, 0.2) is 5.65 Å². The van der Waals surface area contributed by atoms with Crippen LogP contribution in [-0.2, 0) is 0 Å². The van der Waals surface area contributed by atoms with Gasteiger partial charge in [-0.2, -0.15) is 0 Å². The van der Waals surface area contributed by atoms with Gasteiger partial charge in [-0.1, -0.05) is 0 Å². The van der Waals surface area contributed by atoms with E-state index in [9.17, 15) is 22.0 Å². The minimum atomic E-state index is -1.26.